The zero-order chi connectivity index (χ0) is 30.6. The number of imidazole rings is 1. The zero-order valence-electron chi connectivity index (χ0n) is 23.5. The van der Waals surface area contributed by atoms with Gasteiger partial charge in [0.05, 0.1) is 18.8 Å². The van der Waals surface area contributed by atoms with Crippen LogP contribution >= 0.6 is 11.8 Å². The predicted molar refractivity (Wildman–Crippen MR) is 151 cm³/mol. The topological polar surface area (TPSA) is 106 Å². The maximum absolute atomic E-state index is 12.9. The number of carbonyl (C=O) groups excluding carboxylic acids is 2. The second-order valence-electron chi connectivity index (χ2n) is 10.6. The highest BCUT2D eigenvalue weighted by atomic mass is 32.2. The minimum absolute atomic E-state index is 0.0438. The quantitative estimate of drug-likeness (QED) is 0.342. The number of carbonyl (C=O) groups is 2. The molecule has 1 aromatic heterocycles. The van der Waals surface area contributed by atoms with Crippen molar-refractivity contribution in [1.82, 2.24) is 19.8 Å². The number of halogens is 3. The number of hydrogen-bond acceptors (Lipinski definition) is 7. The van der Waals surface area contributed by atoms with Gasteiger partial charge in [0.15, 0.2) is 11.4 Å². The first-order chi connectivity index (χ1) is 20.6. The molecule has 2 aliphatic heterocycles. The van der Waals surface area contributed by atoms with Crippen LogP contribution in [-0.2, 0) is 39.3 Å². The highest BCUT2D eigenvalue weighted by Crippen LogP contribution is 2.39. The Morgan fingerprint density at radius 1 is 1.07 bits per heavy atom. The summed E-state index contributed by atoms with van der Waals surface area (Å²) in [6.07, 6.45) is -1.27. The fourth-order valence-corrected chi connectivity index (χ4v) is 6.18. The molecule has 0 bridgehead atoms. The minimum Gasteiger partial charge on any atom is -0.392 e. The van der Waals surface area contributed by atoms with Crippen molar-refractivity contribution in [1.29, 1.82) is 0 Å². The minimum atomic E-state index is -5.01. The molecule has 2 amide bonds. The number of rotatable bonds is 9. The number of thioether (sulfide) groups is 1. The van der Waals surface area contributed by atoms with E-state index in [-0.39, 0.29) is 38.3 Å². The molecule has 2 fully saturated rings. The number of aliphatic hydroxyl groups excluding tert-OH is 1. The van der Waals surface area contributed by atoms with E-state index < -0.39 is 30.3 Å². The summed E-state index contributed by atoms with van der Waals surface area (Å²) >= 11 is 1.60. The van der Waals surface area contributed by atoms with E-state index in [9.17, 15) is 27.9 Å². The largest absolute Gasteiger partial charge is 0.471 e. The van der Waals surface area contributed by atoms with E-state index in [1.165, 1.54) is 0 Å². The molecule has 4 atom stereocenters. The van der Waals surface area contributed by atoms with E-state index >= 15 is 0 Å². The molecule has 43 heavy (non-hydrogen) atoms. The van der Waals surface area contributed by atoms with Crippen LogP contribution in [0.25, 0.3) is 0 Å². The highest BCUT2D eigenvalue weighted by molar-refractivity contribution is 7.99. The molecular weight excluding hydrogens is 585 g/mol. The molecule has 230 valence electrons. The van der Waals surface area contributed by atoms with Gasteiger partial charge in [-0.3, -0.25) is 9.59 Å². The van der Waals surface area contributed by atoms with Crippen LogP contribution in [0.4, 0.5) is 13.2 Å². The first-order valence-corrected chi connectivity index (χ1v) is 15.0. The number of aryl methyl sites for hydroxylation is 1. The number of likely N-dealkylation sites (tertiary alicyclic amines) is 1. The highest BCUT2D eigenvalue weighted by Gasteiger charge is 2.47. The van der Waals surface area contributed by atoms with Gasteiger partial charge in [-0.25, -0.2) is 4.98 Å². The molecule has 0 radical (unpaired) electrons. The van der Waals surface area contributed by atoms with Crippen molar-refractivity contribution in [2.24, 2.45) is 7.05 Å². The predicted octanol–water partition coefficient (Wildman–Crippen LogP) is 4.42. The van der Waals surface area contributed by atoms with E-state index in [1.54, 1.807) is 30.1 Å². The van der Waals surface area contributed by atoms with Crippen LogP contribution in [0.15, 0.2) is 66.1 Å². The van der Waals surface area contributed by atoms with Crippen LogP contribution in [0.2, 0.25) is 0 Å². The lowest BCUT2D eigenvalue weighted by Crippen LogP contribution is -2.50. The third-order valence-corrected chi connectivity index (χ3v) is 8.76. The van der Waals surface area contributed by atoms with Crippen molar-refractivity contribution in [2.45, 2.75) is 68.3 Å². The van der Waals surface area contributed by atoms with Gasteiger partial charge in [0.1, 0.15) is 6.04 Å². The Morgan fingerprint density at radius 2 is 1.77 bits per heavy atom. The summed E-state index contributed by atoms with van der Waals surface area (Å²) in [6.45, 7) is -0.0447. The molecule has 0 unspecified atom stereocenters. The second kappa shape index (κ2) is 13.5. The number of amides is 2. The summed E-state index contributed by atoms with van der Waals surface area (Å²) in [5.74, 6) is -1.93. The van der Waals surface area contributed by atoms with Gasteiger partial charge in [0.25, 0.3) is 0 Å². The van der Waals surface area contributed by atoms with Gasteiger partial charge in [0, 0.05) is 50.3 Å². The average molecular weight is 619 g/mol. The van der Waals surface area contributed by atoms with Crippen LogP contribution in [0.3, 0.4) is 0 Å². The number of nitrogens with zero attached hydrogens (tertiary/aromatic N) is 3. The molecule has 13 heteroatoms. The van der Waals surface area contributed by atoms with Crippen LogP contribution in [0.1, 0.15) is 53.9 Å². The first kappa shape index (κ1) is 31.0. The molecule has 3 aromatic rings. The summed E-state index contributed by atoms with van der Waals surface area (Å²) in [6, 6.07) is 13.8. The number of aromatic nitrogens is 2. The standard InChI is InChI=1S/C30H33F3N4O5S/c1-36-14-12-34-29(36)43-18-23-15-25(21-8-6-20(17-38)7-9-21)42-27(41-23)22-10-4-19(5-11-22)16-35-26(39)24-3-2-13-37(24)28(40)30(31,32)33/h4-12,14,23-25,27,38H,2-3,13,15-18H2,1H3,(H,35,39)/t23-,24-,25+,27+/m0/s1. The molecule has 2 aliphatic rings. The molecule has 0 saturated carbocycles. The molecule has 2 aromatic carbocycles. The molecular formula is C30H33F3N4O5S. The van der Waals surface area contributed by atoms with E-state index in [4.69, 9.17) is 9.47 Å². The lowest BCUT2D eigenvalue weighted by molar-refractivity contribution is -0.245. The zero-order valence-corrected chi connectivity index (χ0v) is 24.3. The van der Waals surface area contributed by atoms with Crippen LogP contribution in [0, 0.1) is 0 Å². The SMILES string of the molecule is Cn1ccnc1SC[C@@H]1C[C@H](c2ccc(CO)cc2)O[C@H](c2ccc(CNC(=O)[C@@H]3CCCN3C(=O)C(F)(F)F)cc2)O1. The number of hydrogen-bond donors (Lipinski definition) is 2. The smallest absolute Gasteiger partial charge is 0.392 e. The second-order valence-corrected chi connectivity index (χ2v) is 11.6. The molecule has 9 nitrogen and oxygen atoms in total. The van der Waals surface area contributed by atoms with Crippen molar-refractivity contribution in [3.63, 3.8) is 0 Å². The molecule has 3 heterocycles. The number of alkyl halides is 3. The number of benzene rings is 2. The van der Waals surface area contributed by atoms with Crippen molar-refractivity contribution in [3.05, 3.63) is 83.2 Å². The Hall–Kier alpha value is -3.39. The number of aliphatic hydroxyl groups is 1. The fraction of sp³-hybridized carbons (Fsp3) is 0.433. The van der Waals surface area contributed by atoms with Crippen molar-refractivity contribution >= 4 is 23.6 Å². The lowest BCUT2D eigenvalue weighted by Gasteiger charge is -2.36. The summed E-state index contributed by atoms with van der Waals surface area (Å²) in [5, 5.41) is 13.0. The third-order valence-electron chi connectivity index (χ3n) is 7.57. The third kappa shape index (κ3) is 7.58. The van der Waals surface area contributed by atoms with E-state index in [0.29, 0.717) is 23.5 Å². The lowest BCUT2D eigenvalue weighted by atomic mass is 10.0. The van der Waals surface area contributed by atoms with Gasteiger partial charge < -0.3 is 29.4 Å². The van der Waals surface area contributed by atoms with Crippen LogP contribution in [0.5, 0.6) is 0 Å². The fourth-order valence-electron chi connectivity index (χ4n) is 5.23. The first-order valence-electron chi connectivity index (χ1n) is 14.0. The van der Waals surface area contributed by atoms with Gasteiger partial charge in [-0.2, -0.15) is 13.2 Å². The maximum atomic E-state index is 12.9. The molecule has 2 N–H and O–H groups in total. The van der Waals surface area contributed by atoms with Gasteiger partial charge in [-0.1, -0.05) is 60.3 Å². The van der Waals surface area contributed by atoms with Crippen LogP contribution < -0.4 is 5.32 Å². The molecule has 2 saturated heterocycles. The Labute approximate surface area is 251 Å². The van der Waals surface area contributed by atoms with Gasteiger partial charge in [-0.05, 0) is 29.5 Å². The average Bonchev–Trinajstić information content (AvgIpc) is 3.67. The van der Waals surface area contributed by atoms with Gasteiger partial charge in [-0.15, -0.1) is 0 Å². The van der Waals surface area contributed by atoms with E-state index in [0.717, 1.165) is 27.4 Å². The van der Waals surface area contributed by atoms with Crippen molar-refractivity contribution < 1.29 is 37.3 Å². The van der Waals surface area contributed by atoms with Crippen molar-refractivity contribution in [2.75, 3.05) is 12.3 Å². The normalized spacial score (nSPS) is 22.5. The molecule has 5 rings (SSSR count). The Balaban J connectivity index is 1.24. The van der Waals surface area contributed by atoms with Crippen molar-refractivity contribution in [3.8, 4) is 0 Å². The summed E-state index contributed by atoms with van der Waals surface area (Å²) in [4.78, 5) is 29.3. The van der Waals surface area contributed by atoms with Gasteiger partial charge in [0.2, 0.25) is 5.91 Å². The Kier molecular flexibility index (Phi) is 9.75. The van der Waals surface area contributed by atoms with E-state index in [2.05, 4.69) is 10.3 Å². The van der Waals surface area contributed by atoms with Crippen LogP contribution in [-0.4, -0.2) is 62.0 Å². The summed E-state index contributed by atoms with van der Waals surface area (Å²) < 4.78 is 53.4. The van der Waals surface area contributed by atoms with Gasteiger partial charge >= 0.3 is 12.1 Å². The molecule has 0 spiro atoms. The maximum Gasteiger partial charge on any atom is 0.471 e. The summed E-state index contributed by atoms with van der Waals surface area (Å²) in [7, 11) is 1.93. The number of ether oxygens (including phenoxy) is 2. The Morgan fingerprint density at radius 3 is 2.42 bits per heavy atom. The van der Waals surface area contributed by atoms with E-state index in [1.807, 2.05) is 54.2 Å². The summed E-state index contributed by atoms with van der Waals surface area (Å²) in [5.41, 5.74) is 3.29. The monoisotopic (exact) mass is 618 g/mol. The Bertz CT molecular complexity index is 1400. The molecule has 0 aliphatic carbocycles. The number of nitrogens with one attached hydrogen (secondary N) is 1.